The summed E-state index contributed by atoms with van der Waals surface area (Å²) in [7, 11) is 0. The third kappa shape index (κ3) is 3.66. The number of carbonyl (C=O) groups is 1. The fraction of sp³-hybridized carbons (Fsp3) is 0.250. The van der Waals surface area contributed by atoms with Crippen molar-refractivity contribution < 1.29 is 4.79 Å². The Morgan fingerprint density at radius 1 is 1.00 bits per heavy atom. The highest BCUT2D eigenvalue weighted by Crippen LogP contribution is 2.12. The molecule has 2 rings (SSSR count). The van der Waals surface area contributed by atoms with Crippen LogP contribution in [0.25, 0.3) is 0 Å². The van der Waals surface area contributed by atoms with Gasteiger partial charge >= 0.3 is 0 Å². The molecule has 1 heterocycles. The molecule has 22 heavy (non-hydrogen) atoms. The summed E-state index contributed by atoms with van der Waals surface area (Å²) in [6.45, 7) is 7.38. The lowest BCUT2D eigenvalue weighted by Gasteiger charge is -2.08. The maximum atomic E-state index is 12.2. The number of hydrogen-bond acceptors (Lipinski definition) is 4. The Morgan fingerprint density at radius 3 is 2.23 bits per heavy atom. The molecule has 1 amide bonds. The second-order valence-electron chi connectivity index (χ2n) is 5.12. The number of nitrogens with zero attached hydrogens (tertiary/aromatic N) is 3. The first-order chi connectivity index (χ1) is 10.4. The van der Waals surface area contributed by atoms with Gasteiger partial charge in [-0.05, 0) is 39.8 Å². The Balaban J connectivity index is 2.18. The van der Waals surface area contributed by atoms with Crippen LogP contribution in [-0.2, 0) is 0 Å². The van der Waals surface area contributed by atoms with E-state index in [1.807, 2.05) is 45.0 Å². The van der Waals surface area contributed by atoms with Gasteiger partial charge in [0.2, 0.25) is 5.96 Å². The van der Waals surface area contributed by atoms with Crippen LogP contribution in [0.5, 0.6) is 0 Å². The van der Waals surface area contributed by atoms with Crippen LogP contribution in [0.15, 0.2) is 29.3 Å². The van der Waals surface area contributed by atoms with Crippen LogP contribution in [0.4, 0.5) is 5.69 Å². The average molecular weight is 297 g/mol. The lowest BCUT2D eigenvalue weighted by molar-refractivity contribution is 0.0970. The number of hydrogen-bond donors (Lipinski definition) is 2. The summed E-state index contributed by atoms with van der Waals surface area (Å²) in [5, 5.41) is 2.53. The van der Waals surface area contributed by atoms with E-state index in [0.717, 1.165) is 11.3 Å². The number of nitrogens with two attached hydrogens (primary N) is 1. The Labute approximate surface area is 129 Å². The van der Waals surface area contributed by atoms with E-state index in [9.17, 15) is 4.79 Å². The van der Waals surface area contributed by atoms with Crippen LogP contribution < -0.4 is 11.1 Å². The van der Waals surface area contributed by atoms with E-state index < -0.39 is 5.91 Å². The van der Waals surface area contributed by atoms with Crippen molar-refractivity contribution in [2.24, 2.45) is 10.7 Å². The lowest BCUT2D eigenvalue weighted by Crippen LogP contribution is -2.37. The fourth-order valence-corrected chi connectivity index (χ4v) is 1.89. The number of guanidine groups is 1. The zero-order valence-electron chi connectivity index (χ0n) is 13.1. The third-order valence-electron chi connectivity index (χ3n) is 3.22. The lowest BCUT2D eigenvalue weighted by atomic mass is 10.2. The van der Waals surface area contributed by atoms with Crippen LogP contribution in [0.2, 0.25) is 0 Å². The molecule has 0 unspecified atom stereocenters. The first-order valence-electron chi connectivity index (χ1n) is 6.91. The summed E-state index contributed by atoms with van der Waals surface area (Å²) >= 11 is 0. The van der Waals surface area contributed by atoms with Gasteiger partial charge in [0, 0.05) is 0 Å². The van der Waals surface area contributed by atoms with Crippen molar-refractivity contribution in [2.75, 3.05) is 0 Å². The number of nitrogens with one attached hydrogen (secondary N) is 1. The topological polar surface area (TPSA) is 93.3 Å². The van der Waals surface area contributed by atoms with Crippen molar-refractivity contribution in [3.63, 3.8) is 0 Å². The molecule has 0 atom stereocenters. The predicted octanol–water partition coefficient (Wildman–Crippen LogP) is 2.09. The smallest absolute Gasteiger partial charge is 0.278 e. The molecule has 0 aliphatic rings. The Hall–Kier alpha value is -2.76. The summed E-state index contributed by atoms with van der Waals surface area (Å²) in [6, 6.07) is 7.50. The van der Waals surface area contributed by atoms with E-state index in [2.05, 4.69) is 20.3 Å². The highest BCUT2D eigenvalue weighted by molar-refractivity contribution is 6.05. The molecule has 0 radical (unpaired) electrons. The monoisotopic (exact) mass is 297 g/mol. The van der Waals surface area contributed by atoms with Gasteiger partial charge in [-0.3, -0.25) is 15.1 Å². The summed E-state index contributed by atoms with van der Waals surface area (Å²) in [5.74, 6) is -0.394. The number of aromatic nitrogens is 2. The maximum Gasteiger partial charge on any atom is 0.278 e. The van der Waals surface area contributed by atoms with Crippen molar-refractivity contribution in [1.29, 1.82) is 0 Å². The SMILES string of the molecule is Cc1ccc(N=C(N)NC(=O)c2nc(C)c(C)nc2C)cc1. The number of rotatable bonds is 2. The first-order valence-corrected chi connectivity index (χ1v) is 6.91. The van der Waals surface area contributed by atoms with Crippen LogP contribution in [0.1, 0.15) is 33.1 Å². The molecule has 6 heteroatoms. The molecule has 0 saturated heterocycles. The van der Waals surface area contributed by atoms with E-state index in [0.29, 0.717) is 17.1 Å². The van der Waals surface area contributed by atoms with E-state index in [-0.39, 0.29) is 11.7 Å². The molecule has 3 N–H and O–H groups in total. The molecule has 0 saturated carbocycles. The van der Waals surface area contributed by atoms with Gasteiger partial charge in [-0.25, -0.2) is 9.98 Å². The standard InChI is InChI=1S/C16H19N5O/c1-9-5-7-13(8-6-9)20-16(17)21-15(22)14-12(4)18-10(2)11(3)19-14/h5-8H,1-4H3,(H3,17,20,21,22). The summed E-state index contributed by atoms with van der Waals surface area (Å²) in [6.07, 6.45) is 0. The minimum atomic E-state index is -0.415. The molecule has 6 nitrogen and oxygen atoms in total. The number of aliphatic imine (C=N–C) groups is 1. The molecule has 1 aromatic heterocycles. The molecule has 0 aliphatic heterocycles. The zero-order valence-corrected chi connectivity index (χ0v) is 13.1. The highest BCUT2D eigenvalue weighted by Gasteiger charge is 2.14. The van der Waals surface area contributed by atoms with Crippen molar-refractivity contribution in [1.82, 2.24) is 15.3 Å². The second-order valence-corrected chi connectivity index (χ2v) is 5.12. The summed E-state index contributed by atoms with van der Waals surface area (Å²) in [4.78, 5) is 24.9. The summed E-state index contributed by atoms with van der Waals surface area (Å²) < 4.78 is 0. The molecular formula is C16H19N5O. The quantitative estimate of drug-likeness (QED) is 0.655. The predicted molar refractivity (Wildman–Crippen MR) is 86.2 cm³/mol. The third-order valence-corrected chi connectivity index (χ3v) is 3.22. The number of amides is 1. The van der Waals surface area contributed by atoms with Gasteiger partial charge in [0.1, 0.15) is 5.69 Å². The van der Waals surface area contributed by atoms with Crippen LogP contribution in [0, 0.1) is 27.7 Å². The van der Waals surface area contributed by atoms with Gasteiger partial charge < -0.3 is 5.73 Å². The Morgan fingerprint density at radius 2 is 1.59 bits per heavy atom. The van der Waals surface area contributed by atoms with Gasteiger partial charge in [-0.15, -0.1) is 0 Å². The molecule has 2 aromatic rings. The normalized spacial score (nSPS) is 11.4. The van der Waals surface area contributed by atoms with Crippen molar-refractivity contribution >= 4 is 17.6 Å². The van der Waals surface area contributed by atoms with Crippen molar-refractivity contribution in [2.45, 2.75) is 27.7 Å². The molecule has 1 aromatic carbocycles. The van der Waals surface area contributed by atoms with Gasteiger partial charge in [-0.2, -0.15) is 0 Å². The van der Waals surface area contributed by atoms with Crippen LogP contribution >= 0.6 is 0 Å². The second kappa shape index (κ2) is 6.34. The summed E-state index contributed by atoms with van der Waals surface area (Å²) in [5.41, 5.74) is 9.90. The van der Waals surface area contributed by atoms with Gasteiger partial charge in [0.05, 0.1) is 22.8 Å². The van der Waals surface area contributed by atoms with Crippen LogP contribution in [0.3, 0.4) is 0 Å². The largest absolute Gasteiger partial charge is 0.369 e. The van der Waals surface area contributed by atoms with Crippen molar-refractivity contribution in [3.05, 3.63) is 52.6 Å². The van der Waals surface area contributed by atoms with Gasteiger partial charge in [0.15, 0.2) is 0 Å². The van der Waals surface area contributed by atoms with Gasteiger partial charge in [-0.1, -0.05) is 17.7 Å². The number of benzene rings is 1. The molecule has 0 bridgehead atoms. The fourth-order valence-electron chi connectivity index (χ4n) is 1.89. The molecule has 0 aliphatic carbocycles. The highest BCUT2D eigenvalue weighted by atomic mass is 16.2. The van der Waals surface area contributed by atoms with Gasteiger partial charge in [0.25, 0.3) is 5.91 Å². The maximum absolute atomic E-state index is 12.2. The number of carbonyl (C=O) groups excluding carboxylic acids is 1. The molecular weight excluding hydrogens is 278 g/mol. The van der Waals surface area contributed by atoms with Crippen LogP contribution in [-0.4, -0.2) is 21.8 Å². The Kier molecular flexibility index (Phi) is 4.50. The minimum Gasteiger partial charge on any atom is -0.369 e. The van der Waals surface area contributed by atoms with E-state index >= 15 is 0 Å². The zero-order chi connectivity index (χ0) is 16.3. The average Bonchev–Trinajstić information content (AvgIpc) is 2.45. The Bertz CT molecular complexity index is 735. The number of aryl methyl sites for hydroxylation is 4. The minimum absolute atomic E-state index is 0.0216. The molecule has 114 valence electrons. The van der Waals surface area contributed by atoms with Crippen molar-refractivity contribution in [3.8, 4) is 0 Å². The molecule has 0 spiro atoms. The van der Waals surface area contributed by atoms with E-state index in [1.165, 1.54) is 0 Å². The van der Waals surface area contributed by atoms with E-state index in [4.69, 9.17) is 5.73 Å². The first kappa shape index (κ1) is 15.6. The van der Waals surface area contributed by atoms with E-state index in [1.54, 1.807) is 6.92 Å². The molecule has 0 fully saturated rings.